The Morgan fingerprint density at radius 2 is 1.67 bits per heavy atom. The number of anilines is 1. The fourth-order valence-corrected chi connectivity index (χ4v) is 13.5. The summed E-state index contributed by atoms with van der Waals surface area (Å²) in [7, 11) is -5.36. The second-order valence-electron chi connectivity index (χ2n) is 19.6. The predicted octanol–water partition coefficient (Wildman–Crippen LogP) is 7.89. The van der Waals surface area contributed by atoms with E-state index in [1.165, 1.54) is 4.80 Å². The maximum absolute atomic E-state index is 12.4. The molecule has 2 aliphatic heterocycles. The Kier molecular flexibility index (Phi) is 11.5. The molecule has 4 atom stereocenters. The number of hydrogen-bond donors (Lipinski definition) is 1. The zero-order valence-corrected chi connectivity index (χ0v) is 38.1. The number of tetrazole rings is 1. The van der Waals surface area contributed by atoms with Crippen molar-refractivity contribution in [3.05, 3.63) is 53.7 Å². The van der Waals surface area contributed by atoms with Crippen LogP contribution in [0.4, 0.5) is 5.95 Å². The lowest BCUT2D eigenvalue weighted by atomic mass is 9.98. The lowest BCUT2D eigenvalue weighted by molar-refractivity contribution is -0.157. The summed E-state index contributed by atoms with van der Waals surface area (Å²) >= 11 is 0. The van der Waals surface area contributed by atoms with Gasteiger partial charge < -0.3 is 28.1 Å². The van der Waals surface area contributed by atoms with Gasteiger partial charge in [0.25, 0.3) is 0 Å². The van der Waals surface area contributed by atoms with Crippen LogP contribution in [0.3, 0.4) is 0 Å². The van der Waals surface area contributed by atoms with E-state index in [9.17, 15) is 4.79 Å². The van der Waals surface area contributed by atoms with Gasteiger partial charge in [-0.15, -0.1) is 15.0 Å². The zero-order chi connectivity index (χ0) is 41.8. The highest BCUT2D eigenvalue weighted by Crippen LogP contribution is 2.57. The molecule has 6 rings (SSSR count). The minimum absolute atomic E-state index is 0.0995. The number of esters is 1. The Morgan fingerprint density at radius 1 is 0.982 bits per heavy atom. The maximum Gasteiger partial charge on any atom is 0.349 e. The molecule has 17 heteroatoms. The highest BCUT2D eigenvalue weighted by molar-refractivity contribution is 6.74. The van der Waals surface area contributed by atoms with Crippen molar-refractivity contribution in [3.8, 4) is 0 Å². The standard InChI is InChI=1S/C40H61N9O6Si2/c1-37(2,3)35(50)51-25-48-46-29(45-47-48)22-41-36-44-30-27(21-20-26-18-16-15-17-19-26)42-24-43-33(30)49(36)34-32(54-56(13,14)38(4,5)6)31-28(53-34)23-52-57(55-31,39(7,8)9)40(10,11)12/h15-21,24,28,31-32,34H,22-23,25H2,1-14H3,(H,41,44)/b21-20+/t28-,31-,32-,34-/m1/s1. The van der Waals surface area contributed by atoms with Crippen molar-refractivity contribution < 1.29 is 27.5 Å². The number of carbonyl (C=O) groups excluding carboxylic acids is 1. The Labute approximate surface area is 338 Å². The molecule has 0 spiro atoms. The summed E-state index contributed by atoms with van der Waals surface area (Å²) < 4.78 is 36.1. The molecular formula is C40H61N9O6Si2. The predicted molar refractivity (Wildman–Crippen MR) is 223 cm³/mol. The molecule has 0 bridgehead atoms. The third-order valence-electron chi connectivity index (χ3n) is 11.1. The minimum atomic E-state index is -2.93. The first-order valence-corrected chi connectivity index (χ1v) is 24.4. The molecule has 57 heavy (non-hydrogen) atoms. The van der Waals surface area contributed by atoms with E-state index >= 15 is 0 Å². The van der Waals surface area contributed by atoms with Crippen LogP contribution in [0, 0.1) is 5.41 Å². The van der Waals surface area contributed by atoms with E-state index in [0.29, 0.717) is 35.2 Å². The molecule has 2 saturated heterocycles. The van der Waals surface area contributed by atoms with Gasteiger partial charge >= 0.3 is 14.5 Å². The summed E-state index contributed by atoms with van der Waals surface area (Å²) in [6, 6.07) is 10.0. The van der Waals surface area contributed by atoms with Crippen LogP contribution in [-0.2, 0) is 40.8 Å². The molecule has 1 aromatic carbocycles. The number of fused-ring (bicyclic) bond motifs is 2. The number of rotatable bonds is 10. The third kappa shape index (κ3) is 8.64. The summed E-state index contributed by atoms with van der Waals surface area (Å²) in [4.78, 5) is 28.2. The molecule has 0 unspecified atom stereocenters. The van der Waals surface area contributed by atoms with Crippen LogP contribution < -0.4 is 5.32 Å². The average Bonchev–Trinajstić information content (AvgIpc) is 3.82. The van der Waals surface area contributed by atoms with E-state index in [2.05, 4.69) is 101 Å². The molecule has 2 aliphatic rings. The second-order valence-corrected chi connectivity index (χ2v) is 29.2. The second kappa shape index (κ2) is 15.4. The van der Waals surface area contributed by atoms with Crippen LogP contribution in [0.25, 0.3) is 23.3 Å². The van der Waals surface area contributed by atoms with Crippen molar-refractivity contribution in [1.29, 1.82) is 0 Å². The lowest BCUT2D eigenvalue weighted by Crippen LogP contribution is -2.66. The summed E-state index contributed by atoms with van der Waals surface area (Å²) in [6.45, 7) is 30.2. The number of carbonyl (C=O) groups is 1. The Hall–Kier alpha value is -3.88. The lowest BCUT2D eigenvalue weighted by Gasteiger charge is -2.54. The zero-order valence-electron chi connectivity index (χ0n) is 36.1. The van der Waals surface area contributed by atoms with Gasteiger partial charge in [0.05, 0.1) is 24.3 Å². The minimum Gasteiger partial charge on any atom is -0.440 e. The van der Waals surface area contributed by atoms with Crippen LogP contribution in [-0.4, -0.2) is 87.5 Å². The van der Waals surface area contributed by atoms with Crippen LogP contribution in [0.1, 0.15) is 106 Å². The molecular weight excluding hydrogens is 759 g/mol. The summed E-state index contributed by atoms with van der Waals surface area (Å²) in [5.74, 6) is 0.463. The first-order chi connectivity index (χ1) is 26.4. The molecule has 310 valence electrons. The van der Waals surface area contributed by atoms with E-state index in [1.807, 2.05) is 47.1 Å². The Bertz CT molecular complexity index is 2060. The van der Waals surface area contributed by atoms with Crippen LogP contribution >= 0.6 is 0 Å². The molecule has 0 radical (unpaired) electrons. The molecule has 15 nitrogen and oxygen atoms in total. The fraction of sp³-hybridized carbons (Fsp3) is 0.625. The van der Waals surface area contributed by atoms with Gasteiger partial charge in [0.1, 0.15) is 30.2 Å². The first-order valence-electron chi connectivity index (χ1n) is 19.7. The van der Waals surface area contributed by atoms with Crippen molar-refractivity contribution in [2.45, 2.75) is 149 Å². The number of imidazole rings is 1. The summed E-state index contributed by atoms with van der Waals surface area (Å²) in [5, 5.41) is 15.6. The number of ether oxygens (including phenoxy) is 2. The molecule has 0 amide bonds. The van der Waals surface area contributed by atoms with Crippen LogP contribution in [0.5, 0.6) is 0 Å². The molecule has 3 aromatic heterocycles. The van der Waals surface area contributed by atoms with Crippen molar-refractivity contribution in [2.24, 2.45) is 5.41 Å². The number of nitrogens with zero attached hydrogens (tertiary/aromatic N) is 8. The van der Waals surface area contributed by atoms with Crippen molar-refractivity contribution >= 4 is 52.1 Å². The molecule has 4 aromatic rings. The monoisotopic (exact) mass is 819 g/mol. The maximum atomic E-state index is 12.4. The SMILES string of the molecule is CC(C)(C)C(=O)OCn1nnc(CNc2nc3c(/C=C/c4ccccc4)ncnc3n2[C@@H]2O[C@@H]3CO[Si](C(C)(C)C)(C(C)(C)C)O[C@H]3[C@H]2O[Si](C)(C)C(C)(C)C)n1. The molecule has 1 N–H and O–H groups in total. The van der Waals surface area contributed by atoms with Gasteiger partial charge in [-0.2, -0.15) is 0 Å². The van der Waals surface area contributed by atoms with Crippen LogP contribution in [0.2, 0.25) is 28.2 Å². The van der Waals surface area contributed by atoms with Crippen LogP contribution in [0.15, 0.2) is 36.7 Å². The quantitative estimate of drug-likeness (QED) is 0.122. The topological polar surface area (TPSA) is 162 Å². The smallest absolute Gasteiger partial charge is 0.349 e. The normalized spacial score (nSPS) is 21.9. The van der Waals surface area contributed by atoms with E-state index < -0.39 is 46.8 Å². The molecule has 5 heterocycles. The number of hydrogen-bond acceptors (Lipinski definition) is 13. The van der Waals surface area contributed by atoms with Gasteiger partial charge in [-0.25, -0.2) is 15.0 Å². The molecule has 0 aliphatic carbocycles. The first kappa shape index (κ1) is 42.7. The highest BCUT2D eigenvalue weighted by Gasteiger charge is 2.66. The third-order valence-corrected chi connectivity index (χ3v) is 20.7. The summed E-state index contributed by atoms with van der Waals surface area (Å²) in [6.07, 6.45) is 3.45. The Balaban J connectivity index is 1.43. The van der Waals surface area contributed by atoms with Gasteiger partial charge in [-0.05, 0) is 55.8 Å². The number of benzene rings is 1. The van der Waals surface area contributed by atoms with Crippen molar-refractivity contribution in [1.82, 2.24) is 39.7 Å². The van der Waals surface area contributed by atoms with Gasteiger partial charge in [0, 0.05) is 10.1 Å². The molecule has 0 saturated carbocycles. The largest absolute Gasteiger partial charge is 0.440 e. The van der Waals surface area contributed by atoms with E-state index in [4.69, 9.17) is 32.7 Å². The highest BCUT2D eigenvalue weighted by atomic mass is 28.4. The average molecular weight is 820 g/mol. The van der Waals surface area contributed by atoms with Crippen molar-refractivity contribution in [2.75, 3.05) is 11.9 Å². The van der Waals surface area contributed by atoms with Gasteiger partial charge in [0.15, 0.2) is 26.0 Å². The Morgan fingerprint density at radius 3 is 2.30 bits per heavy atom. The van der Waals surface area contributed by atoms with Gasteiger partial charge in [-0.1, -0.05) is 98.7 Å². The van der Waals surface area contributed by atoms with E-state index in [0.717, 1.165) is 5.56 Å². The van der Waals surface area contributed by atoms with E-state index in [-0.39, 0.29) is 34.4 Å². The van der Waals surface area contributed by atoms with Gasteiger partial charge in [-0.3, -0.25) is 9.36 Å². The fourth-order valence-electron chi connectivity index (χ4n) is 7.22. The van der Waals surface area contributed by atoms with Gasteiger partial charge in [0.2, 0.25) is 12.7 Å². The summed E-state index contributed by atoms with van der Waals surface area (Å²) in [5.41, 5.74) is 2.15. The number of aromatic nitrogens is 8. The molecule has 2 fully saturated rings. The van der Waals surface area contributed by atoms with Crippen molar-refractivity contribution in [3.63, 3.8) is 0 Å². The van der Waals surface area contributed by atoms with E-state index in [1.54, 1.807) is 27.1 Å². The number of nitrogens with one attached hydrogen (secondary N) is 1.